The number of hydrogen-bond acceptors (Lipinski definition) is 6. The number of aliphatic hydroxyl groups excluding tert-OH is 1. The standard InChI is InChI=1S/C17H21BrClN5O/c1-10-14(11-3-6-21-15(18)13(11)19)23-12(9-25)16(22-10)24-7-4-17(2,20)5-8-24/h3,6,25H,4-5,7-9,20H2,1-2H3. The normalized spacial score (nSPS) is 17.0. The summed E-state index contributed by atoms with van der Waals surface area (Å²) in [4.78, 5) is 15.6. The first-order valence-corrected chi connectivity index (χ1v) is 9.32. The second-order valence-electron chi connectivity index (χ2n) is 6.69. The van der Waals surface area contributed by atoms with Gasteiger partial charge in [0.1, 0.15) is 10.3 Å². The molecule has 0 spiro atoms. The Morgan fingerprint density at radius 3 is 2.68 bits per heavy atom. The maximum absolute atomic E-state index is 9.83. The van der Waals surface area contributed by atoms with E-state index < -0.39 is 0 Å². The molecule has 3 heterocycles. The lowest BCUT2D eigenvalue weighted by Gasteiger charge is -2.38. The van der Waals surface area contributed by atoms with E-state index in [9.17, 15) is 5.11 Å². The summed E-state index contributed by atoms with van der Waals surface area (Å²) in [6.45, 7) is 5.38. The van der Waals surface area contributed by atoms with Gasteiger partial charge in [-0.25, -0.2) is 15.0 Å². The van der Waals surface area contributed by atoms with Gasteiger partial charge < -0.3 is 15.7 Å². The number of anilines is 1. The van der Waals surface area contributed by atoms with Crippen molar-refractivity contribution in [2.75, 3.05) is 18.0 Å². The third kappa shape index (κ3) is 3.79. The van der Waals surface area contributed by atoms with E-state index in [0.717, 1.165) is 43.0 Å². The first-order valence-electron chi connectivity index (χ1n) is 8.15. The third-order valence-electron chi connectivity index (χ3n) is 4.58. The van der Waals surface area contributed by atoms with Crippen molar-refractivity contribution < 1.29 is 5.11 Å². The van der Waals surface area contributed by atoms with Crippen LogP contribution in [0.2, 0.25) is 5.02 Å². The van der Waals surface area contributed by atoms with Crippen molar-refractivity contribution in [3.8, 4) is 11.3 Å². The first kappa shape index (κ1) is 18.5. The summed E-state index contributed by atoms with van der Waals surface area (Å²) in [6, 6.07) is 1.80. The minimum atomic E-state index is -0.185. The van der Waals surface area contributed by atoms with E-state index in [-0.39, 0.29) is 12.1 Å². The predicted molar refractivity (Wildman–Crippen MR) is 103 cm³/mol. The molecule has 0 saturated carbocycles. The molecule has 8 heteroatoms. The van der Waals surface area contributed by atoms with Crippen LogP contribution < -0.4 is 10.6 Å². The highest BCUT2D eigenvalue weighted by atomic mass is 79.9. The topological polar surface area (TPSA) is 88.2 Å². The van der Waals surface area contributed by atoms with Gasteiger partial charge in [0.25, 0.3) is 0 Å². The van der Waals surface area contributed by atoms with Gasteiger partial charge in [-0.3, -0.25) is 0 Å². The lowest BCUT2D eigenvalue weighted by molar-refractivity contribution is 0.275. The third-order valence-corrected chi connectivity index (χ3v) is 5.79. The van der Waals surface area contributed by atoms with Gasteiger partial charge in [0.2, 0.25) is 0 Å². The Morgan fingerprint density at radius 2 is 2.04 bits per heavy atom. The first-order chi connectivity index (χ1) is 11.8. The Bertz CT molecular complexity index is 789. The number of piperidine rings is 1. The van der Waals surface area contributed by atoms with Crippen molar-refractivity contribution >= 4 is 33.3 Å². The minimum Gasteiger partial charge on any atom is -0.390 e. The summed E-state index contributed by atoms with van der Waals surface area (Å²) < 4.78 is 0.556. The van der Waals surface area contributed by atoms with Crippen LogP contribution in [0.1, 0.15) is 31.2 Å². The Hall–Kier alpha value is -1.28. The van der Waals surface area contributed by atoms with Crippen LogP contribution in [-0.4, -0.2) is 38.7 Å². The minimum absolute atomic E-state index is 0.144. The molecular formula is C17H21BrClN5O. The van der Waals surface area contributed by atoms with E-state index in [1.807, 2.05) is 6.92 Å². The molecular weight excluding hydrogens is 406 g/mol. The van der Waals surface area contributed by atoms with E-state index in [1.54, 1.807) is 12.3 Å². The zero-order valence-corrected chi connectivity index (χ0v) is 16.6. The second-order valence-corrected chi connectivity index (χ2v) is 7.82. The number of aromatic nitrogens is 3. The van der Waals surface area contributed by atoms with Crippen molar-refractivity contribution in [1.82, 2.24) is 15.0 Å². The fraction of sp³-hybridized carbons (Fsp3) is 0.471. The Balaban J connectivity index is 2.01. The van der Waals surface area contributed by atoms with Crippen LogP contribution in [0.4, 0.5) is 5.82 Å². The Morgan fingerprint density at radius 1 is 1.36 bits per heavy atom. The molecule has 0 unspecified atom stereocenters. The molecule has 0 radical (unpaired) electrons. The monoisotopic (exact) mass is 425 g/mol. The number of pyridine rings is 1. The lowest BCUT2D eigenvalue weighted by Crippen LogP contribution is -2.48. The number of nitrogens with zero attached hydrogens (tertiary/aromatic N) is 4. The van der Waals surface area contributed by atoms with E-state index in [2.05, 4.69) is 37.7 Å². The van der Waals surface area contributed by atoms with Gasteiger partial charge >= 0.3 is 0 Å². The molecule has 1 aliphatic heterocycles. The maximum atomic E-state index is 9.83. The number of halogens is 2. The summed E-state index contributed by atoms with van der Waals surface area (Å²) in [5.41, 5.74) is 8.77. The van der Waals surface area contributed by atoms with E-state index in [0.29, 0.717) is 21.0 Å². The smallest absolute Gasteiger partial charge is 0.153 e. The van der Waals surface area contributed by atoms with Gasteiger partial charge in [-0.05, 0) is 48.7 Å². The van der Waals surface area contributed by atoms with Crippen molar-refractivity contribution in [1.29, 1.82) is 0 Å². The van der Waals surface area contributed by atoms with Crippen molar-refractivity contribution in [3.63, 3.8) is 0 Å². The Labute approximate surface area is 160 Å². The summed E-state index contributed by atoms with van der Waals surface area (Å²) >= 11 is 9.68. The molecule has 0 aromatic carbocycles. The van der Waals surface area contributed by atoms with Crippen LogP contribution in [-0.2, 0) is 6.61 Å². The molecule has 25 heavy (non-hydrogen) atoms. The molecule has 2 aromatic rings. The summed E-state index contributed by atoms with van der Waals surface area (Å²) in [5, 5.41) is 10.3. The molecule has 1 saturated heterocycles. The van der Waals surface area contributed by atoms with Gasteiger partial charge in [0, 0.05) is 30.4 Å². The largest absolute Gasteiger partial charge is 0.390 e. The molecule has 0 aliphatic carbocycles. The molecule has 2 aromatic heterocycles. The average molecular weight is 427 g/mol. The highest BCUT2D eigenvalue weighted by Gasteiger charge is 2.28. The van der Waals surface area contributed by atoms with E-state index in [4.69, 9.17) is 22.3 Å². The molecule has 1 aliphatic rings. The second kappa shape index (κ2) is 7.15. The van der Waals surface area contributed by atoms with Crippen LogP contribution in [0.5, 0.6) is 0 Å². The molecule has 0 bridgehead atoms. The zero-order chi connectivity index (χ0) is 18.2. The molecule has 1 fully saturated rings. The quantitative estimate of drug-likeness (QED) is 0.733. The van der Waals surface area contributed by atoms with Crippen LogP contribution in [0, 0.1) is 6.92 Å². The highest BCUT2D eigenvalue weighted by Crippen LogP contribution is 2.34. The van der Waals surface area contributed by atoms with Crippen molar-refractivity contribution in [2.24, 2.45) is 5.73 Å². The van der Waals surface area contributed by atoms with E-state index >= 15 is 0 Å². The predicted octanol–water partition coefficient (Wildman–Crippen LogP) is 3.07. The number of rotatable bonds is 3. The summed E-state index contributed by atoms with van der Waals surface area (Å²) in [6.07, 6.45) is 3.42. The SMILES string of the molecule is Cc1nc(N2CCC(C)(N)CC2)c(CO)nc1-c1ccnc(Br)c1Cl. The van der Waals surface area contributed by atoms with Crippen LogP contribution in [0.15, 0.2) is 16.9 Å². The fourth-order valence-electron chi connectivity index (χ4n) is 2.99. The van der Waals surface area contributed by atoms with Crippen molar-refractivity contribution in [2.45, 2.75) is 38.8 Å². The molecule has 3 rings (SSSR count). The summed E-state index contributed by atoms with van der Waals surface area (Å²) in [7, 11) is 0. The molecule has 6 nitrogen and oxygen atoms in total. The number of aryl methyl sites for hydroxylation is 1. The maximum Gasteiger partial charge on any atom is 0.153 e. The highest BCUT2D eigenvalue weighted by molar-refractivity contribution is 9.10. The fourth-order valence-corrected chi connectivity index (χ4v) is 3.52. The van der Waals surface area contributed by atoms with Crippen LogP contribution in [0.25, 0.3) is 11.3 Å². The number of aliphatic hydroxyl groups is 1. The lowest BCUT2D eigenvalue weighted by atomic mass is 9.91. The average Bonchev–Trinajstić information content (AvgIpc) is 2.57. The van der Waals surface area contributed by atoms with Crippen molar-refractivity contribution in [3.05, 3.63) is 33.3 Å². The molecule has 0 amide bonds. The van der Waals surface area contributed by atoms with Gasteiger partial charge in [0.05, 0.1) is 23.0 Å². The number of hydrogen-bond donors (Lipinski definition) is 2. The van der Waals surface area contributed by atoms with Gasteiger partial charge in [0.15, 0.2) is 5.82 Å². The molecule has 0 atom stereocenters. The van der Waals surface area contributed by atoms with Gasteiger partial charge in [-0.2, -0.15) is 0 Å². The summed E-state index contributed by atoms with van der Waals surface area (Å²) in [5.74, 6) is 0.725. The van der Waals surface area contributed by atoms with Crippen LogP contribution >= 0.6 is 27.5 Å². The van der Waals surface area contributed by atoms with Gasteiger partial charge in [-0.15, -0.1) is 0 Å². The zero-order valence-electron chi connectivity index (χ0n) is 14.3. The number of nitrogens with two attached hydrogens (primary N) is 1. The van der Waals surface area contributed by atoms with E-state index in [1.165, 1.54) is 0 Å². The van der Waals surface area contributed by atoms with Crippen LogP contribution in [0.3, 0.4) is 0 Å². The molecule has 134 valence electrons. The van der Waals surface area contributed by atoms with Gasteiger partial charge in [-0.1, -0.05) is 11.6 Å². The Kier molecular flexibility index (Phi) is 5.29. The molecule has 3 N–H and O–H groups in total.